The van der Waals surface area contributed by atoms with Crippen molar-refractivity contribution in [3.05, 3.63) is 130 Å². The third-order valence-electron chi connectivity index (χ3n) is 16.6. The number of benzene rings is 4. The molecule has 26 heteroatoms. The number of hydrogen-bond donors (Lipinski definition) is 5. The molecular formula is C66H93F2N10NaO13. The molecule has 0 aliphatic carbocycles. The molecule has 2 aliphatic rings. The number of esters is 1. The molecule has 8 N–H and O–H groups in total. The second-order valence-corrected chi connectivity index (χ2v) is 24.1. The van der Waals surface area contributed by atoms with Gasteiger partial charge >= 0.3 is 41.5 Å². The summed E-state index contributed by atoms with van der Waals surface area (Å²) in [6.07, 6.45) is 0.692. The first kappa shape index (κ1) is 79.1. The van der Waals surface area contributed by atoms with E-state index in [4.69, 9.17) is 21.3 Å². The Labute approximate surface area is 561 Å². The van der Waals surface area contributed by atoms with Crippen molar-refractivity contribution in [3.63, 3.8) is 0 Å². The minimum atomic E-state index is -0.968. The van der Waals surface area contributed by atoms with Crippen LogP contribution in [0.25, 0.3) is 0 Å². The van der Waals surface area contributed by atoms with Gasteiger partial charge in [-0.1, -0.05) is 76.2 Å². The number of rotatable bonds is 25. The summed E-state index contributed by atoms with van der Waals surface area (Å²) in [6.45, 7) is 16.0. The first-order chi connectivity index (χ1) is 42.4. The van der Waals surface area contributed by atoms with Crippen molar-refractivity contribution in [2.24, 2.45) is 23.3 Å². The molecule has 0 aromatic heterocycles. The average molecular weight is 1300 g/mol. The number of carbonyl (C=O) groups is 8. The number of aryl methyl sites for hydroxylation is 2. The Balaban J connectivity index is 0.000000470. The number of phenols is 2. The SMILES string of the molecule is CCOC(=O)CN1CCN(C(=O)[C@H](Cc2ccc(O)c(C)c2)N(C)C(=O)[C@H](C(C)C)N(C)C(=O)[C@@H](N)Cc2ccc(F)cc2)CC1.Cc1cc(C[C@@H](C(=O)N2CCN(CC(=O)O)CC2)N(C)C(=O)[C@H](C(C)C)N(C)C(=O)[C@@H](N)Cc2ccc(F)cc2)ccc1O.[Na+].[OH-]. The molecule has 4 aromatic rings. The number of nitrogens with two attached hydrogens (primary N) is 2. The maximum Gasteiger partial charge on any atom is 1.00 e. The van der Waals surface area contributed by atoms with E-state index in [2.05, 4.69) is 0 Å². The Morgan fingerprint density at radius 2 is 0.837 bits per heavy atom. The van der Waals surface area contributed by atoms with Gasteiger partial charge in [-0.05, 0) is 115 Å². The summed E-state index contributed by atoms with van der Waals surface area (Å²) in [5.74, 6) is -4.68. The molecular weight excluding hydrogens is 1200 g/mol. The summed E-state index contributed by atoms with van der Waals surface area (Å²) in [5.41, 5.74) is 16.7. The molecule has 23 nitrogen and oxygen atoms in total. The normalized spacial score (nSPS) is 15.4. The summed E-state index contributed by atoms with van der Waals surface area (Å²) in [4.78, 5) is 119. The number of ether oxygens (including phenoxy) is 1. The zero-order valence-corrected chi connectivity index (χ0v) is 57.3. The molecule has 92 heavy (non-hydrogen) atoms. The molecule has 0 bridgehead atoms. The van der Waals surface area contributed by atoms with E-state index >= 15 is 0 Å². The number of carboxylic acid groups (broad SMARTS) is 1. The van der Waals surface area contributed by atoms with Gasteiger partial charge in [0.1, 0.15) is 47.3 Å². The van der Waals surface area contributed by atoms with E-state index in [0.717, 1.165) is 11.1 Å². The van der Waals surface area contributed by atoms with Crippen LogP contribution in [0.15, 0.2) is 84.9 Å². The van der Waals surface area contributed by atoms with E-state index in [1.807, 2.05) is 32.6 Å². The fraction of sp³-hybridized carbons (Fsp3) is 0.515. The number of likely N-dealkylation sites (N-methyl/N-ethyl adjacent to an activating group) is 4. The van der Waals surface area contributed by atoms with Gasteiger partial charge in [0, 0.05) is 93.4 Å². The Kier molecular flexibility index (Phi) is 31.8. The van der Waals surface area contributed by atoms with E-state index in [1.54, 1.807) is 110 Å². The summed E-state index contributed by atoms with van der Waals surface area (Å²) in [5, 5.41) is 29.2. The van der Waals surface area contributed by atoms with Crippen LogP contribution in [0.1, 0.15) is 68.0 Å². The zero-order chi connectivity index (χ0) is 66.8. The molecule has 0 unspecified atom stereocenters. The second kappa shape index (κ2) is 37.0. The summed E-state index contributed by atoms with van der Waals surface area (Å²) in [7, 11) is 6.17. The molecule has 6 rings (SSSR count). The Bertz CT molecular complexity index is 3110. The first-order valence-corrected chi connectivity index (χ1v) is 30.5. The maximum absolute atomic E-state index is 14.2. The van der Waals surface area contributed by atoms with Crippen molar-refractivity contribution in [1.82, 2.24) is 39.2 Å². The van der Waals surface area contributed by atoms with E-state index in [9.17, 15) is 57.4 Å². The molecule has 6 atom stereocenters. The summed E-state index contributed by atoms with van der Waals surface area (Å²) in [6, 6.07) is 16.0. The van der Waals surface area contributed by atoms with Gasteiger partial charge in [-0.25, -0.2) is 8.78 Å². The summed E-state index contributed by atoms with van der Waals surface area (Å²) < 4.78 is 31.8. The van der Waals surface area contributed by atoms with Crippen LogP contribution in [-0.4, -0.2) is 244 Å². The zero-order valence-electron chi connectivity index (χ0n) is 55.3. The first-order valence-electron chi connectivity index (χ1n) is 30.5. The van der Waals surface area contributed by atoms with Crippen LogP contribution in [-0.2, 0) is 68.8 Å². The maximum atomic E-state index is 14.2. The number of hydrogen-bond acceptors (Lipinski definition) is 16. The molecule has 2 fully saturated rings. The van der Waals surface area contributed by atoms with Crippen molar-refractivity contribution in [3.8, 4) is 11.5 Å². The number of piperazine rings is 2. The molecule has 2 aliphatic heterocycles. The van der Waals surface area contributed by atoms with Crippen LogP contribution in [0.3, 0.4) is 0 Å². The van der Waals surface area contributed by atoms with Crippen LogP contribution in [0.4, 0.5) is 8.78 Å². The smallest absolute Gasteiger partial charge is 0.870 e. The molecule has 0 saturated carbocycles. The van der Waals surface area contributed by atoms with Crippen LogP contribution in [0.5, 0.6) is 11.5 Å². The predicted octanol–water partition coefficient (Wildman–Crippen LogP) is 0.288. The largest absolute Gasteiger partial charge is 1.00 e. The van der Waals surface area contributed by atoms with Crippen LogP contribution in [0.2, 0.25) is 0 Å². The fourth-order valence-corrected chi connectivity index (χ4v) is 11.4. The van der Waals surface area contributed by atoms with Crippen LogP contribution < -0.4 is 41.0 Å². The van der Waals surface area contributed by atoms with Gasteiger partial charge in [0.2, 0.25) is 35.4 Å². The van der Waals surface area contributed by atoms with E-state index in [1.165, 1.54) is 58.0 Å². The third kappa shape index (κ3) is 22.3. The third-order valence-corrected chi connectivity index (χ3v) is 16.6. The van der Waals surface area contributed by atoms with Crippen LogP contribution >= 0.6 is 0 Å². The number of aromatic hydroxyl groups is 2. The Morgan fingerprint density at radius 3 is 1.14 bits per heavy atom. The molecule has 500 valence electrons. The fourth-order valence-electron chi connectivity index (χ4n) is 11.4. The Hall–Kier alpha value is -7.10. The van der Waals surface area contributed by atoms with Gasteiger partial charge in [0.15, 0.2) is 0 Å². The number of aliphatic carboxylic acids is 1. The number of carboxylic acids is 1. The molecule has 2 saturated heterocycles. The van der Waals surface area contributed by atoms with Crippen molar-refractivity contribution in [1.29, 1.82) is 0 Å². The van der Waals surface area contributed by atoms with Crippen molar-refractivity contribution in [2.45, 2.75) is 110 Å². The predicted molar refractivity (Wildman–Crippen MR) is 337 cm³/mol. The van der Waals surface area contributed by atoms with Crippen molar-refractivity contribution in [2.75, 3.05) is 100 Å². The number of nitrogens with zero attached hydrogens (tertiary/aromatic N) is 8. The van der Waals surface area contributed by atoms with Gasteiger partial charge in [0.05, 0.1) is 31.8 Å². The molecule has 6 amide bonds. The molecule has 0 radical (unpaired) electrons. The average Bonchev–Trinajstić information content (AvgIpc) is 0.905. The molecule has 4 aromatic carbocycles. The molecule has 2 heterocycles. The van der Waals surface area contributed by atoms with E-state index in [0.29, 0.717) is 81.2 Å². The minimum absolute atomic E-state index is 0. The Morgan fingerprint density at radius 1 is 0.511 bits per heavy atom. The van der Waals surface area contributed by atoms with Gasteiger partial charge in [-0.15, -0.1) is 0 Å². The molecule has 0 spiro atoms. The van der Waals surface area contributed by atoms with E-state index < -0.39 is 71.7 Å². The second-order valence-electron chi connectivity index (χ2n) is 24.1. The van der Waals surface area contributed by atoms with E-state index in [-0.39, 0.29) is 121 Å². The van der Waals surface area contributed by atoms with Crippen molar-refractivity contribution >= 4 is 47.4 Å². The number of halogens is 2. The van der Waals surface area contributed by atoms with Gasteiger partial charge < -0.3 is 66.4 Å². The van der Waals surface area contributed by atoms with Gasteiger partial charge in [-0.2, -0.15) is 0 Å². The van der Waals surface area contributed by atoms with Gasteiger partial charge in [0.25, 0.3) is 0 Å². The monoisotopic (exact) mass is 1290 g/mol. The topological polar surface area (TPSA) is 314 Å². The summed E-state index contributed by atoms with van der Waals surface area (Å²) >= 11 is 0. The quantitative estimate of drug-likeness (QED) is 0.0440. The minimum Gasteiger partial charge on any atom is -0.870 e. The van der Waals surface area contributed by atoms with Gasteiger partial charge in [-0.3, -0.25) is 48.2 Å². The number of carbonyl (C=O) groups excluding carboxylic acids is 7. The van der Waals surface area contributed by atoms with Crippen LogP contribution in [0, 0.1) is 37.3 Å². The number of phenolic OH excluding ortho intramolecular Hbond substituents is 2. The standard InChI is InChI=1S/C34H48FN5O6.C32H44FN5O6.Na.H2O/c1-7-46-30(42)21-39-14-16-40(17-15-39)33(44)28(20-25-10-13-29(41)23(4)18-25)37(5)34(45)31(22(2)3)38(6)32(43)27(36)19-24-8-11-26(35)12-9-24;1-20(2)29(36(5)30(42)25(34)17-22-6-9-24(33)10-7-22)32(44)35(4)26(18-23-8-11-27(39)21(3)16-23)31(43)38-14-12-37(13-15-38)19-28(40)41;;/h8-13,18,22,27-28,31,41H,7,14-17,19-21,36H2,1-6H3;6-11,16,20,25-26,29,39H,12-15,17-19,34H2,1-5H3,(H,40,41);;1H2/q;;+1;/p-1/t27-,28-,31-;25-,26-,29-;;/m00../s1. The number of amides is 6. The van der Waals surface area contributed by atoms with Crippen molar-refractivity contribution < 1.29 is 102 Å².